The van der Waals surface area contributed by atoms with Gasteiger partial charge in [0.1, 0.15) is 0 Å². The Morgan fingerprint density at radius 1 is 1.19 bits per heavy atom. The van der Waals surface area contributed by atoms with E-state index in [1.807, 2.05) is 29.5 Å². The minimum absolute atomic E-state index is 0.0125. The fraction of sp³-hybridized carbons (Fsp3) is 0.480. The van der Waals surface area contributed by atoms with E-state index in [0.29, 0.717) is 12.8 Å². The first kappa shape index (κ1) is 21.3. The second-order valence-corrected chi connectivity index (χ2v) is 9.73. The zero-order valence-corrected chi connectivity index (χ0v) is 19.5. The average Bonchev–Trinajstić information content (AvgIpc) is 3.21. The Morgan fingerprint density at radius 2 is 1.90 bits per heavy atom. The highest BCUT2D eigenvalue weighted by Gasteiger charge is 2.36. The third-order valence-electron chi connectivity index (χ3n) is 6.55. The normalized spacial score (nSPS) is 17.4. The van der Waals surface area contributed by atoms with Crippen LogP contribution in [0.25, 0.3) is 5.69 Å². The largest absolute Gasteiger partial charge is 0.349 e. The molecule has 1 amide bonds. The van der Waals surface area contributed by atoms with E-state index in [-0.39, 0.29) is 17.4 Å². The summed E-state index contributed by atoms with van der Waals surface area (Å²) in [5.41, 5.74) is 8.04. The van der Waals surface area contributed by atoms with Gasteiger partial charge in [0.05, 0.1) is 29.3 Å². The predicted molar refractivity (Wildman–Crippen MR) is 122 cm³/mol. The molecule has 0 aliphatic heterocycles. The number of carbonyl (C=O) groups excluding carboxylic acids is 1. The molecule has 164 valence electrons. The van der Waals surface area contributed by atoms with E-state index in [4.69, 9.17) is 5.10 Å². The van der Waals surface area contributed by atoms with Gasteiger partial charge in [0, 0.05) is 24.7 Å². The maximum Gasteiger partial charge on any atom is 0.220 e. The molecule has 1 aliphatic rings. The summed E-state index contributed by atoms with van der Waals surface area (Å²) in [5.74, 6) is 0.0828. The van der Waals surface area contributed by atoms with Crippen molar-refractivity contribution < 1.29 is 4.79 Å². The fourth-order valence-corrected chi connectivity index (χ4v) is 4.76. The molecule has 1 aromatic carbocycles. The van der Waals surface area contributed by atoms with Crippen LogP contribution in [0, 0.1) is 26.2 Å². The maximum absolute atomic E-state index is 12.9. The minimum atomic E-state index is -0.0125. The van der Waals surface area contributed by atoms with Gasteiger partial charge < -0.3 is 5.32 Å². The van der Waals surface area contributed by atoms with Crippen LogP contribution in [0.3, 0.4) is 0 Å². The molecule has 0 radical (unpaired) electrons. The molecular formula is C25H33N5O. The predicted octanol–water partition coefficient (Wildman–Crippen LogP) is 4.29. The number of fused-ring (bicyclic) bond motifs is 1. The third-order valence-corrected chi connectivity index (χ3v) is 6.55. The summed E-state index contributed by atoms with van der Waals surface area (Å²) >= 11 is 0. The Bertz CT molecular complexity index is 1100. The van der Waals surface area contributed by atoms with Crippen molar-refractivity contribution >= 4 is 5.91 Å². The van der Waals surface area contributed by atoms with E-state index in [1.54, 1.807) is 0 Å². The monoisotopic (exact) mass is 419 g/mol. The summed E-state index contributed by atoms with van der Waals surface area (Å²) in [5, 5.41) is 12.5. The van der Waals surface area contributed by atoms with Gasteiger partial charge in [-0.25, -0.2) is 4.68 Å². The molecule has 0 saturated carbocycles. The lowest BCUT2D eigenvalue weighted by molar-refractivity contribution is -0.122. The minimum Gasteiger partial charge on any atom is -0.349 e. The first-order chi connectivity index (χ1) is 14.6. The van der Waals surface area contributed by atoms with Crippen molar-refractivity contribution in [2.75, 3.05) is 0 Å². The van der Waals surface area contributed by atoms with E-state index >= 15 is 0 Å². The number of amides is 1. The number of rotatable bonds is 5. The number of aryl methyl sites for hydroxylation is 3. The van der Waals surface area contributed by atoms with Crippen molar-refractivity contribution in [2.24, 2.45) is 12.5 Å². The number of hydrogen-bond donors (Lipinski definition) is 1. The first-order valence-electron chi connectivity index (χ1n) is 11.1. The van der Waals surface area contributed by atoms with Gasteiger partial charge in [-0.3, -0.25) is 9.48 Å². The summed E-state index contributed by atoms with van der Waals surface area (Å²) in [4.78, 5) is 12.9. The van der Waals surface area contributed by atoms with Crippen molar-refractivity contribution in [3.8, 4) is 5.69 Å². The summed E-state index contributed by atoms with van der Waals surface area (Å²) in [6, 6.07) is 8.42. The summed E-state index contributed by atoms with van der Waals surface area (Å²) in [6.45, 7) is 10.7. The lowest BCUT2D eigenvalue weighted by atomic mass is 9.74. The maximum atomic E-state index is 12.9. The molecule has 0 fully saturated rings. The van der Waals surface area contributed by atoms with Gasteiger partial charge in [0.15, 0.2) is 0 Å². The lowest BCUT2D eigenvalue weighted by Gasteiger charge is -2.36. The van der Waals surface area contributed by atoms with Crippen LogP contribution < -0.4 is 5.32 Å². The van der Waals surface area contributed by atoms with Crippen molar-refractivity contribution in [3.63, 3.8) is 0 Å². The Morgan fingerprint density at radius 3 is 2.55 bits per heavy atom. The molecule has 0 bridgehead atoms. The molecule has 6 heteroatoms. The van der Waals surface area contributed by atoms with Crippen molar-refractivity contribution in [2.45, 2.75) is 66.3 Å². The molecule has 0 unspecified atom stereocenters. The van der Waals surface area contributed by atoms with Crippen LogP contribution in [0.4, 0.5) is 0 Å². The van der Waals surface area contributed by atoms with Crippen LogP contribution in [0.5, 0.6) is 0 Å². The van der Waals surface area contributed by atoms with Gasteiger partial charge in [-0.05, 0) is 63.1 Å². The SMILES string of the molecule is Cc1ccc(-n2ncc3c2CC(C)(C)C[C@@H]3NC(=O)CCc2c(C)nn(C)c2C)cc1. The number of aromatic nitrogens is 4. The number of carbonyl (C=O) groups is 1. The van der Waals surface area contributed by atoms with E-state index in [2.05, 4.69) is 62.4 Å². The molecule has 2 heterocycles. The highest BCUT2D eigenvalue weighted by molar-refractivity contribution is 5.77. The van der Waals surface area contributed by atoms with Crippen LogP contribution in [-0.2, 0) is 24.7 Å². The quantitative estimate of drug-likeness (QED) is 0.671. The van der Waals surface area contributed by atoms with Crippen molar-refractivity contribution in [1.82, 2.24) is 24.9 Å². The Kier molecular flexibility index (Phi) is 5.50. The van der Waals surface area contributed by atoms with Gasteiger partial charge in [0.25, 0.3) is 0 Å². The first-order valence-corrected chi connectivity index (χ1v) is 11.1. The number of hydrogen-bond acceptors (Lipinski definition) is 3. The molecular weight excluding hydrogens is 386 g/mol. The second kappa shape index (κ2) is 7.98. The Labute approximate surface area is 184 Å². The molecule has 31 heavy (non-hydrogen) atoms. The van der Waals surface area contributed by atoms with Gasteiger partial charge in [-0.15, -0.1) is 0 Å². The highest BCUT2D eigenvalue weighted by Crippen LogP contribution is 2.41. The van der Waals surface area contributed by atoms with E-state index < -0.39 is 0 Å². The van der Waals surface area contributed by atoms with Crippen LogP contribution in [0.1, 0.15) is 66.5 Å². The van der Waals surface area contributed by atoms with E-state index in [1.165, 1.54) is 16.8 Å². The number of benzene rings is 1. The van der Waals surface area contributed by atoms with Crippen LogP contribution in [0.15, 0.2) is 30.5 Å². The zero-order chi connectivity index (χ0) is 22.3. The topological polar surface area (TPSA) is 64.7 Å². The summed E-state index contributed by atoms with van der Waals surface area (Å²) < 4.78 is 3.93. The average molecular weight is 420 g/mol. The van der Waals surface area contributed by atoms with Crippen LogP contribution in [-0.4, -0.2) is 25.5 Å². The molecule has 6 nitrogen and oxygen atoms in total. The third kappa shape index (κ3) is 4.29. The summed E-state index contributed by atoms with van der Waals surface area (Å²) in [7, 11) is 1.95. The number of nitrogens with zero attached hydrogens (tertiary/aromatic N) is 4. The molecule has 4 rings (SSSR count). The number of nitrogens with one attached hydrogen (secondary N) is 1. The highest BCUT2D eigenvalue weighted by atomic mass is 16.1. The standard InChI is InChI=1S/C25H33N5O/c1-16-7-9-19(10-8-16)30-23-14-25(4,5)13-22(21(23)15-26-30)27-24(31)12-11-20-17(2)28-29(6)18(20)3/h7-10,15,22H,11-14H2,1-6H3,(H,27,31)/t22-/m0/s1. The smallest absolute Gasteiger partial charge is 0.220 e. The van der Waals surface area contributed by atoms with Gasteiger partial charge in [-0.2, -0.15) is 10.2 Å². The molecule has 2 aromatic heterocycles. The molecule has 0 spiro atoms. The van der Waals surface area contributed by atoms with E-state index in [0.717, 1.165) is 35.5 Å². The summed E-state index contributed by atoms with van der Waals surface area (Å²) in [6.07, 6.45) is 4.96. The second-order valence-electron chi connectivity index (χ2n) is 9.73. The van der Waals surface area contributed by atoms with Gasteiger partial charge in [-0.1, -0.05) is 31.5 Å². The molecule has 0 saturated heterocycles. The molecule has 1 N–H and O–H groups in total. The Balaban J connectivity index is 1.53. The molecule has 1 atom stereocenters. The van der Waals surface area contributed by atoms with Gasteiger partial charge >= 0.3 is 0 Å². The zero-order valence-electron chi connectivity index (χ0n) is 19.5. The Hall–Kier alpha value is -2.89. The lowest BCUT2D eigenvalue weighted by Crippen LogP contribution is -2.36. The molecule has 1 aliphatic carbocycles. The van der Waals surface area contributed by atoms with Crippen molar-refractivity contribution in [1.29, 1.82) is 0 Å². The van der Waals surface area contributed by atoms with Gasteiger partial charge in [0.2, 0.25) is 5.91 Å². The molecule has 3 aromatic rings. The van der Waals surface area contributed by atoms with Crippen molar-refractivity contribution in [3.05, 3.63) is 64.2 Å². The fourth-order valence-electron chi connectivity index (χ4n) is 4.76. The van der Waals surface area contributed by atoms with Crippen LogP contribution >= 0.6 is 0 Å². The van der Waals surface area contributed by atoms with E-state index in [9.17, 15) is 4.79 Å². The van der Waals surface area contributed by atoms with Crippen LogP contribution in [0.2, 0.25) is 0 Å².